The van der Waals surface area contributed by atoms with E-state index < -0.39 is 10.8 Å². The number of benzene rings is 2. The molecule has 0 saturated heterocycles. The molecule has 0 aromatic heterocycles. The van der Waals surface area contributed by atoms with Crippen molar-refractivity contribution in [3.05, 3.63) is 63.7 Å². The van der Waals surface area contributed by atoms with Gasteiger partial charge in [-0.15, -0.1) is 0 Å². The van der Waals surface area contributed by atoms with Crippen LogP contribution in [-0.2, 0) is 0 Å². The zero-order valence-corrected chi connectivity index (χ0v) is 13.1. The number of rotatable bonds is 6. The summed E-state index contributed by atoms with van der Waals surface area (Å²) >= 11 is 0. The lowest BCUT2D eigenvalue weighted by atomic mass is 10.2. The van der Waals surface area contributed by atoms with E-state index in [9.17, 15) is 14.9 Å². The SMILES string of the molecule is COc1ccc(OC)c(/C=N\NC(=O)c2ccccc2[N+](=O)[O-])c1. The first-order chi connectivity index (χ1) is 11.6. The zero-order chi connectivity index (χ0) is 17.5. The minimum atomic E-state index is -0.680. The molecule has 0 spiro atoms. The van der Waals surface area contributed by atoms with E-state index in [1.165, 1.54) is 44.7 Å². The van der Waals surface area contributed by atoms with E-state index in [0.717, 1.165) is 0 Å². The van der Waals surface area contributed by atoms with Gasteiger partial charge in [-0.1, -0.05) is 12.1 Å². The van der Waals surface area contributed by atoms with Crippen LogP contribution in [0.5, 0.6) is 11.5 Å². The molecule has 0 aliphatic heterocycles. The van der Waals surface area contributed by atoms with Crippen LogP contribution in [0.25, 0.3) is 0 Å². The molecule has 8 heteroatoms. The summed E-state index contributed by atoms with van der Waals surface area (Å²) in [5.41, 5.74) is 2.48. The van der Waals surface area contributed by atoms with Crippen LogP contribution in [0.1, 0.15) is 15.9 Å². The average molecular weight is 329 g/mol. The van der Waals surface area contributed by atoms with Crippen molar-refractivity contribution in [1.82, 2.24) is 5.43 Å². The molecule has 0 radical (unpaired) electrons. The molecule has 2 aromatic carbocycles. The maximum atomic E-state index is 12.1. The maximum Gasteiger partial charge on any atom is 0.282 e. The third kappa shape index (κ3) is 3.86. The van der Waals surface area contributed by atoms with Gasteiger partial charge in [0, 0.05) is 11.6 Å². The van der Waals surface area contributed by atoms with Crippen molar-refractivity contribution in [3.8, 4) is 11.5 Å². The molecular formula is C16H15N3O5. The van der Waals surface area contributed by atoms with Crippen LogP contribution in [0.15, 0.2) is 47.6 Å². The number of methoxy groups -OCH3 is 2. The number of para-hydroxylation sites is 1. The maximum absolute atomic E-state index is 12.1. The second kappa shape index (κ2) is 7.73. The van der Waals surface area contributed by atoms with Crippen molar-refractivity contribution in [3.63, 3.8) is 0 Å². The summed E-state index contributed by atoms with van der Waals surface area (Å²) in [6.45, 7) is 0. The van der Waals surface area contributed by atoms with E-state index >= 15 is 0 Å². The lowest BCUT2D eigenvalue weighted by Gasteiger charge is -2.06. The van der Waals surface area contributed by atoms with Crippen molar-refractivity contribution >= 4 is 17.8 Å². The summed E-state index contributed by atoms with van der Waals surface area (Å²) in [5.74, 6) is 0.460. The Morgan fingerprint density at radius 1 is 1.21 bits per heavy atom. The molecular weight excluding hydrogens is 314 g/mol. The molecule has 0 fully saturated rings. The van der Waals surface area contributed by atoms with Crippen LogP contribution in [0.2, 0.25) is 0 Å². The number of ether oxygens (including phenoxy) is 2. The number of carbonyl (C=O) groups is 1. The summed E-state index contributed by atoms with van der Waals surface area (Å²) in [7, 11) is 3.03. The van der Waals surface area contributed by atoms with Gasteiger partial charge in [-0.25, -0.2) is 5.43 Å². The van der Waals surface area contributed by atoms with Crippen LogP contribution < -0.4 is 14.9 Å². The fourth-order valence-electron chi connectivity index (χ4n) is 1.99. The highest BCUT2D eigenvalue weighted by Crippen LogP contribution is 2.22. The van der Waals surface area contributed by atoms with E-state index in [1.54, 1.807) is 18.2 Å². The van der Waals surface area contributed by atoms with Gasteiger partial charge in [0.25, 0.3) is 11.6 Å². The highest BCUT2D eigenvalue weighted by Gasteiger charge is 2.18. The quantitative estimate of drug-likeness (QED) is 0.498. The minimum absolute atomic E-state index is 0.0720. The number of hydrazone groups is 1. The lowest BCUT2D eigenvalue weighted by molar-refractivity contribution is -0.385. The molecule has 1 N–H and O–H groups in total. The molecule has 0 saturated carbocycles. The first-order valence-electron chi connectivity index (χ1n) is 6.85. The highest BCUT2D eigenvalue weighted by atomic mass is 16.6. The van der Waals surface area contributed by atoms with Crippen molar-refractivity contribution < 1.29 is 19.2 Å². The van der Waals surface area contributed by atoms with E-state index in [0.29, 0.717) is 17.1 Å². The zero-order valence-electron chi connectivity index (χ0n) is 13.1. The Hall–Kier alpha value is -3.42. The number of nitro benzene ring substituents is 1. The monoisotopic (exact) mass is 329 g/mol. The second-order valence-corrected chi connectivity index (χ2v) is 4.58. The topological polar surface area (TPSA) is 103 Å². The Balaban J connectivity index is 2.18. The van der Waals surface area contributed by atoms with Crippen LogP contribution in [0.4, 0.5) is 5.69 Å². The Bertz CT molecular complexity index is 789. The number of hydrogen-bond donors (Lipinski definition) is 1. The van der Waals surface area contributed by atoms with E-state index in [1.807, 2.05) is 0 Å². The van der Waals surface area contributed by atoms with E-state index in [4.69, 9.17) is 9.47 Å². The van der Waals surface area contributed by atoms with E-state index in [-0.39, 0.29) is 11.3 Å². The van der Waals surface area contributed by atoms with Gasteiger partial charge in [-0.2, -0.15) is 5.10 Å². The normalized spacial score (nSPS) is 10.4. The molecule has 124 valence electrons. The van der Waals surface area contributed by atoms with Gasteiger partial charge in [-0.3, -0.25) is 14.9 Å². The summed E-state index contributed by atoms with van der Waals surface area (Å²) in [4.78, 5) is 22.4. The molecule has 0 bridgehead atoms. The number of nitrogens with one attached hydrogen (secondary N) is 1. The number of nitrogens with zero attached hydrogens (tertiary/aromatic N) is 2. The van der Waals surface area contributed by atoms with Crippen LogP contribution >= 0.6 is 0 Å². The van der Waals surface area contributed by atoms with Gasteiger partial charge in [0.05, 0.1) is 25.4 Å². The summed E-state index contributed by atoms with van der Waals surface area (Å²) in [6.07, 6.45) is 1.37. The molecule has 8 nitrogen and oxygen atoms in total. The summed E-state index contributed by atoms with van der Waals surface area (Å²) in [5, 5.41) is 14.8. The Morgan fingerprint density at radius 2 is 1.96 bits per heavy atom. The van der Waals surface area contributed by atoms with Gasteiger partial charge in [0.1, 0.15) is 17.1 Å². The summed E-state index contributed by atoms with van der Waals surface area (Å²) in [6, 6.07) is 10.7. The standard InChI is InChI=1S/C16H15N3O5/c1-23-12-7-8-15(24-2)11(9-12)10-17-18-16(20)13-5-3-4-6-14(13)19(21)22/h3-10H,1-2H3,(H,18,20)/b17-10-. The van der Waals surface area contributed by atoms with Gasteiger partial charge >= 0.3 is 0 Å². The Kier molecular flexibility index (Phi) is 5.45. The lowest BCUT2D eigenvalue weighted by Crippen LogP contribution is -2.19. The number of hydrogen-bond acceptors (Lipinski definition) is 6. The van der Waals surface area contributed by atoms with Gasteiger partial charge < -0.3 is 9.47 Å². The fraction of sp³-hybridized carbons (Fsp3) is 0.125. The van der Waals surface area contributed by atoms with Gasteiger partial charge in [0.2, 0.25) is 0 Å². The predicted molar refractivity (Wildman–Crippen MR) is 87.7 cm³/mol. The molecule has 0 atom stereocenters. The second-order valence-electron chi connectivity index (χ2n) is 4.58. The van der Waals surface area contributed by atoms with Crippen molar-refractivity contribution in [2.75, 3.05) is 14.2 Å². The first kappa shape index (κ1) is 16.9. The fourth-order valence-corrected chi connectivity index (χ4v) is 1.99. The molecule has 0 heterocycles. The van der Waals surface area contributed by atoms with E-state index in [2.05, 4.69) is 10.5 Å². The Morgan fingerprint density at radius 3 is 2.62 bits per heavy atom. The average Bonchev–Trinajstić information content (AvgIpc) is 2.61. The number of carbonyl (C=O) groups excluding carboxylic acids is 1. The van der Waals surface area contributed by atoms with Crippen LogP contribution in [0, 0.1) is 10.1 Å². The Labute approximate surface area is 137 Å². The van der Waals surface area contributed by atoms with Crippen LogP contribution in [-0.4, -0.2) is 31.3 Å². The largest absolute Gasteiger partial charge is 0.497 e. The van der Waals surface area contributed by atoms with Crippen molar-refractivity contribution in [2.24, 2.45) is 5.10 Å². The van der Waals surface area contributed by atoms with Crippen molar-refractivity contribution in [1.29, 1.82) is 0 Å². The first-order valence-corrected chi connectivity index (χ1v) is 6.85. The minimum Gasteiger partial charge on any atom is -0.497 e. The summed E-state index contributed by atoms with van der Waals surface area (Å²) < 4.78 is 10.3. The van der Waals surface area contributed by atoms with Gasteiger partial charge in [0.15, 0.2) is 0 Å². The molecule has 0 unspecified atom stereocenters. The molecule has 0 aliphatic rings. The molecule has 2 aromatic rings. The third-order valence-electron chi connectivity index (χ3n) is 3.15. The third-order valence-corrected chi connectivity index (χ3v) is 3.15. The molecule has 2 rings (SSSR count). The van der Waals surface area contributed by atoms with Gasteiger partial charge in [-0.05, 0) is 24.3 Å². The predicted octanol–water partition coefficient (Wildman–Crippen LogP) is 2.38. The molecule has 1 amide bonds. The molecule has 0 aliphatic carbocycles. The smallest absolute Gasteiger partial charge is 0.282 e. The highest BCUT2D eigenvalue weighted by molar-refractivity contribution is 5.98. The number of nitro groups is 1. The van der Waals surface area contributed by atoms with Crippen molar-refractivity contribution in [2.45, 2.75) is 0 Å². The van der Waals surface area contributed by atoms with Crippen LogP contribution in [0.3, 0.4) is 0 Å². The molecule has 24 heavy (non-hydrogen) atoms. The number of amides is 1.